The number of anilines is 2. The maximum absolute atomic E-state index is 12.4. The third-order valence-corrected chi connectivity index (χ3v) is 2.48. The predicted octanol–water partition coefficient (Wildman–Crippen LogP) is 2.48. The Bertz CT molecular complexity index is 449. The molecule has 4 nitrogen and oxygen atoms in total. The van der Waals surface area contributed by atoms with Crippen LogP contribution >= 0.6 is 0 Å². The molecule has 0 radical (unpaired) electrons. The Morgan fingerprint density at radius 3 is 2.65 bits per heavy atom. The van der Waals surface area contributed by atoms with Gasteiger partial charge >= 0.3 is 6.18 Å². The van der Waals surface area contributed by atoms with Crippen LogP contribution in [0.4, 0.5) is 24.5 Å². The molecule has 0 bridgehead atoms. The lowest BCUT2D eigenvalue weighted by molar-refractivity contribution is -0.147. The van der Waals surface area contributed by atoms with E-state index in [-0.39, 0.29) is 13.1 Å². The monoisotopic (exact) mass is 289 g/mol. The largest absolute Gasteiger partial charge is 0.401 e. The molecule has 0 unspecified atom stereocenters. The van der Waals surface area contributed by atoms with E-state index in [2.05, 4.69) is 5.32 Å². The number of nitrogens with one attached hydrogen (secondary N) is 1. The zero-order valence-electron chi connectivity index (χ0n) is 11.2. The van der Waals surface area contributed by atoms with Crippen molar-refractivity contribution >= 4 is 17.3 Å². The first-order valence-corrected chi connectivity index (χ1v) is 6.24. The highest BCUT2D eigenvalue weighted by Crippen LogP contribution is 2.17. The summed E-state index contributed by atoms with van der Waals surface area (Å²) in [6.07, 6.45) is -3.77. The highest BCUT2D eigenvalue weighted by molar-refractivity contribution is 5.92. The summed E-state index contributed by atoms with van der Waals surface area (Å²) in [5.74, 6) is -0.492. The number of hydrogen-bond acceptors (Lipinski definition) is 3. The summed E-state index contributed by atoms with van der Waals surface area (Å²) in [4.78, 5) is 12.8. The summed E-state index contributed by atoms with van der Waals surface area (Å²) in [6, 6.07) is 6.49. The predicted molar refractivity (Wildman–Crippen MR) is 72.3 cm³/mol. The van der Waals surface area contributed by atoms with Gasteiger partial charge in [-0.25, -0.2) is 0 Å². The molecule has 0 saturated heterocycles. The van der Waals surface area contributed by atoms with E-state index in [1.165, 1.54) is 0 Å². The number of nitrogens with zero attached hydrogens (tertiary/aromatic N) is 1. The minimum absolute atomic E-state index is 0.212. The van der Waals surface area contributed by atoms with Crippen molar-refractivity contribution in [2.75, 3.05) is 30.7 Å². The lowest BCUT2D eigenvalue weighted by Crippen LogP contribution is -2.40. The van der Waals surface area contributed by atoms with Crippen molar-refractivity contribution < 1.29 is 18.0 Å². The van der Waals surface area contributed by atoms with Gasteiger partial charge in [0, 0.05) is 11.4 Å². The molecule has 0 saturated carbocycles. The van der Waals surface area contributed by atoms with Gasteiger partial charge in [-0.15, -0.1) is 0 Å². The number of alkyl halides is 3. The Morgan fingerprint density at radius 1 is 1.40 bits per heavy atom. The number of benzene rings is 1. The number of hydrogen-bond donors (Lipinski definition) is 2. The van der Waals surface area contributed by atoms with Crippen molar-refractivity contribution in [3.63, 3.8) is 0 Å². The summed E-state index contributed by atoms with van der Waals surface area (Å²) in [7, 11) is 0. The van der Waals surface area contributed by atoms with Crippen LogP contribution in [-0.2, 0) is 4.79 Å². The van der Waals surface area contributed by atoms with Crippen LogP contribution in [0.15, 0.2) is 24.3 Å². The van der Waals surface area contributed by atoms with Crippen molar-refractivity contribution in [2.24, 2.45) is 0 Å². The van der Waals surface area contributed by atoms with E-state index in [9.17, 15) is 18.0 Å². The summed E-state index contributed by atoms with van der Waals surface area (Å²) in [5.41, 5.74) is 6.50. The first-order valence-electron chi connectivity index (χ1n) is 6.24. The molecule has 0 spiro atoms. The Balaban J connectivity index is 2.57. The van der Waals surface area contributed by atoms with Crippen LogP contribution in [0.1, 0.15) is 13.3 Å². The van der Waals surface area contributed by atoms with E-state index < -0.39 is 18.6 Å². The van der Waals surface area contributed by atoms with Crippen molar-refractivity contribution in [1.82, 2.24) is 4.90 Å². The second kappa shape index (κ2) is 7.14. The molecule has 20 heavy (non-hydrogen) atoms. The van der Waals surface area contributed by atoms with Crippen LogP contribution in [0.25, 0.3) is 0 Å². The molecule has 112 valence electrons. The second-order valence-corrected chi connectivity index (χ2v) is 4.50. The Labute approximate surface area is 115 Å². The fourth-order valence-electron chi connectivity index (χ4n) is 1.80. The molecule has 0 aliphatic carbocycles. The van der Waals surface area contributed by atoms with Crippen molar-refractivity contribution in [2.45, 2.75) is 19.5 Å². The second-order valence-electron chi connectivity index (χ2n) is 4.50. The fourth-order valence-corrected chi connectivity index (χ4v) is 1.80. The first-order chi connectivity index (χ1) is 9.30. The van der Waals surface area contributed by atoms with Crippen molar-refractivity contribution in [1.29, 1.82) is 0 Å². The number of nitrogens with two attached hydrogens (primary N) is 1. The van der Waals surface area contributed by atoms with Gasteiger partial charge < -0.3 is 11.1 Å². The average molecular weight is 289 g/mol. The molecule has 7 heteroatoms. The highest BCUT2D eigenvalue weighted by Gasteiger charge is 2.31. The molecule has 0 heterocycles. The molecule has 3 N–H and O–H groups in total. The molecule has 1 aromatic rings. The van der Waals surface area contributed by atoms with Gasteiger partial charge in [-0.1, -0.05) is 13.0 Å². The number of nitrogen functional groups attached to an aromatic ring is 1. The normalized spacial score (nSPS) is 11.7. The lowest BCUT2D eigenvalue weighted by Gasteiger charge is -2.22. The number of halogens is 3. The van der Waals surface area contributed by atoms with E-state index >= 15 is 0 Å². The fraction of sp³-hybridized carbons (Fsp3) is 0.462. The van der Waals surface area contributed by atoms with Crippen LogP contribution in [0, 0.1) is 0 Å². The lowest BCUT2D eigenvalue weighted by atomic mass is 10.3. The van der Waals surface area contributed by atoms with Crippen LogP contribution in [-0.4, -0.2) is 36.6 Å². The van der Waals surface area contributed by atoms with Gasteiger partial charge in [-0.2, -0.15) is 13.2 Å². The molecule has 0 atom stereocenters. The van der Waals surface area contributed by atoms with Gasteiger partial charge in [-0.3, -0.25) is 9.69 Å². The topological polar surface area (TPSA) is 58.4 Å². The standard InChI is InChI=1S/C13H18F3N3O/c1-2-6-19(9-13(14,15)16)8-12(20)18-11-5-3-4-10(17)7-11/h3-5,7H,2,6,8-9,17H2,1H3,(H,18,20). The smallest absolute Gasteiger partial charge is 0.399 e. The summed E-state index contributed by atoms with van der Waals surface area (Å²) < 4.78 is 37.1. The third kappa shape index (κ3) is 6.42. The Morgan fingerprint density at radius 2 is 2.10 bits per heavy atom. The Hall–Kier alpha value is -1.76. The molecule has 1 rings (SSSR count). The number of carbonyl (C=O) groups is 1. The van der Waals surface area contributed by atoms with Crippen LogP contribution < -0.4 is 11.1 Å². The zero-order valence-corrected chi connectivity index (χ0v) is 11.2. The van der Waals surface area contributed by atoms with E-state index in [0.717, 1.165) is 4.90 Å². The van der Waals surface area contributed by atoms with E-state index in [0.29, 0.717) is 17.8 Å². The number of amides is 1. The van der Waals surface area contributed by atoms with Gasteiger partial charge in [-0.05, 0) is 31.2 Å². The van der Waals surface area contributed by atoms with Gasteiger partial charge in [0.25, 0.3) is 0 Å². The molecular weight excluding hydrogens is 271 g/mol. The minimum Gasteiger partial charge on any atom is -0.399 e. The van der Waals surface area contributed by atoms with Crippen molar-refractivity contribution in [3.8, 4) is 0 Å². The summed E-state index contributed by atoms with van der Waals surface area (Å²) in [5, 5.41) is 2.53. The van der Waals surface area contributed by atoms with Crippen LogP contribution in [0.3, 0.4) is 0 Å². The van der Waals surface area contributed by atoms with Gasteiger partial charge in [0.2, 0.25) is 5.91 Å². The van der Waals surface area contributed by atoms with Gasteiger partial charge in [0.15, 0.2) is 0 Å². The molecule has 1 aromatic carbocycles. The molecule has 0 fully saturated rings. The maximum atomic E-state index is 12.4. The number of rotatable bonds is 6. The van der Waals surface area contributed by atoms with Crippen LogP contribution in [0.5, 0.6) is 0 Å². The molecule has 0 aliphatic rings. The molecule has 0 aliphatic heterocycles. The van der Waals surface area contributed by atoms with E-state index in [4.69, 9.17) is 5.73 Å². The Kier molecular flexibility index (Phi) is 5.82. The minimum atomic E-state index is -4.31. The SMILES string of the molecule is CCCN(CC(=O)Nc1cccc(N)c1)CC(F)(F)F. The average Bonchev–Trinajstić information content (AvgIpc) is 2.26. The third-order valence-electron chi connectivity index (χ3n) is 2.48. The summed E-state index contributed by atoms with van der Waals surface area (Å²) >= 11 is 0. The summed E-state index contributed by atoms with van der Waals surface area (Å²) in [6.45, 7) is 0.580. The number of carbonyl (C=O) groups excluding carboxylic acids is 1. The molecule has 0 aromatic heterocycles. The van der Waals surface area contributed by atoms with E-state index in [1.807, 2.05) is 0 Å². The van der Waals surface area contributed by atoms with Gasteiger partial charge in [0.1, 0.15) is 0 Å². The molecular formula is C13H18F3N3O. The first kappa shape index (κ1) is 16.3. The zero-order chi connectivity index (χ0) is 15.2. The quantitative estimate of drug-likeness (QED) is 0.791. The van der Waals surface area contributed by atoms with Crippen molar-refractivity contribution in [3.05, 3.63) is 24.3 Å². The highest BCUT2D eigenvalue weighted by atomic mass is 19.4. The van der Waals surface area contributed by atoms with Crippen LogP contribution in [0.2, 0.25) is 0 Å². The maximum Gasteiger partial charge on any atom is 0.401 e. The molecule has 1 amide bonds. The van der Waals surface area contributed by atoms with Gasteiger partial charge in [0.05, 0.1) is 13.1 Å². The van der Waals surface area contributed by atoms with E-state index in [1.54, 1.807) is 31.2 Å².